The minimum Gasteiger partial charge on any atom is -0.484 e. The number of carbonyl (C=O) groups excluding carboxylic acids is 2. The molecule has 0 amide bonds. The molecule has 0 aliphatic carbocycles. The lowest BCUT2D eigenvalue weighted by Crippen LogP contribution is -2.13. The number of carbonyl (C=O) groups is 2. The number of aryl methyl sites for hydroxylation is 2. The van der Waals surface area contributed by atoms with E-state index in [9.17, 15) is 9.59 Å². The predicted octanol–water partition coefficient (Wildman–Crippen LogP) is 4.74. The molecular formula is C22H21ClO5. The topological polar surface area (TPSA) is 61.8 Å². The van der Waals surface area contributed by atoms with E-state index in [1.54, 1.807) is 31.2 Å². The molecule has 0 saturated carbocycles. The molecule has 146 valence electrons. The normalized spacial score (nSPS) is 9.86. The van der Waals surface area contributed by atoms with E-state index < -0.39 is 6.16 Å². The third kappa shape index (κ3) is 6.33. The molecule has 0 bridgehead atoms. The predicted molar refractivity (Wildman–Crippen MR) is 107 cm³/mol. The Kier molecular flexibility index (Phi) is 7.91. The zero-order chi connectivity index (χ0) is 20.5. The van der Waals surface area contributed by atoms with E-state index >= 15 is 0 Å². The van der Waals surface area contributed by atoms with Gasteiger partial charge >= 0.3 is 6.16 Å². The Labute approximate surface area is 169 Å². The molecule has 0 N–H and O–H groups in total. The fraction of sp³-hybridized carbons (Fsp3) is 0.273. The number of rotatable bonds is 6. The highest BCUT2D eigenvalue weighted by molar-refractivity contribution is 6.30. The van der Waals surface area contributed by atoms with Crippen LogP contribution >= 0.6 is 11.6 Å². The molecule has 0 heterocycles. The maximum atomic E-state index is 12.5. The van der Waals surface area contributed by atoms with E-state index in [1.807, 2.05) is 26.0 Å². The SMILES string of the molecule is CCOC(=O)OCC#Cc1cc(Cl)ccc1OCC(=O)c1ccc(C)cc1C. The number of Topliss-reactive ketones (excluding diaryl/α,β-unsaturated/α-hetero) is 1. The third-order valence-electron chi connectivity index (χ3n) is 3.73. The molecule has 0 aliphatic heterocycles. The van der Waals surface area contributed by atoms with Crippen molar-refractivity contribution in [3.8, 4) is 17.6 Å². The minimum absolute atomic E-state index is 0.125. The average Bonchev–Trinajstić information content (AvgIpc) is 2.64. The van der Waals surface area contributed by atoms with Crippen molar-refractivity contribution < 1.29 is 23.8 Å². The van der Waals surface area contributed by atoms with Crippen LogP contribution < -0.4 is 4.74 Å². The van der Waals surface area contributed by atoms with Crippen molar-refractivity contribution in [1.82, 2.24) is 0 Å². The molecule has 0 atom stereocenters. The summed E-state index contributed by atoms with van der Waals surface area (Å²) in [5.41, 5.74) is 3.11. The van der Waals surface area contributed by atoms with Crippen LogP contribution in [0.2, 0.25) is 5.02 Å². The second-order valence-electron chi connectivity index (χ2n) is 5.94. The van der Waals surface area contributed by atoms with Crippen molar-refractivity contribution >= 4 is 23.5 Å². The molecule has 0 spiro atoms. The van der Waals surface area contributed by atoms with Gasteiger partial charge in [-0.1, -0.05) is 47.2 Å². The Morgan fingerprint density at radius 3 is 2.57 bits per heavy atom. The van der Waals surface area contributed by atoms with E-state index in [0.717, 1.165) is 11.1 Å². The monoisotopic (exact) mass is 400 g/mol. The molecule has 2 aromatic carbocycles. The zero-order valence-electron chi connectivity index (χ0n) is 16.0. The van der Waals surface area contributed by atoms with Crippen molar-refractivity contribution in [1.29, 1.82) is 0 Å². The van der Waals surface area contributed by atoms with Crippen molar-refractivity contribution in [2.24, 2.45) is 0 Å². The number of ether oxygens (including phenoxy) is 3. The lowest BCUT2D eigenvalue weighted by atomic mass is 10.0. The van der Waals surface area contributed by atoms with Gasteiger partial charge in [0.1, 0.15) is 5.75 Å². The van der Waals surface area contributed by atoms with Gasteiger partial charge in [0.05, 0.1) is 12.2 Å². The van der Waals surface area contributed by atoms with E-state index in [-0.39, 0.29) is 25.6 Å². The Balaban J connectivity index is 2.05. The fourth-order valence-electron chi connectivity index (χ4n) is 2.46. The lowest BCUT2D eigenvalue weighted by Gasteiger charge is -2.10. The molecule has 5 nitrogen and oxygen atoms in total. The van der Waals surface area contributed by atoms with Crippen molar-refractivity contribution in [3.63, 3.8) is 0 Å². The summed E-state index contributed by atoms with van der Waals surface area (Å²) in [6.07, 6.45) is -0.779. The van der Waals surface area contributed by atoms with Crippen molar-refractivity contribution in [2.75, 3.05) is 19.8 Å². The van der Waals surface area contributed by atoms with Crippen LogP contribution in [-0.2, 0) is 9.47 Å². The smallest absolute Gasteiger partial charge is 0.484 e. The molecule has 0 aromatic heterocycles. The van der Waals surface area contributed by atoms with Gasteiger partial charge < -0.3 is 14.2 Å². The van der Waals surface area contributed by atoms with Crippen LogP contribution in [0.4, 0.5) is 4.79 Å². The third-order valence-corrected chi connectivity index (χ3v) is 3.97. The first-order chi connectivity index (χ1) is 13.4. The molecule has 0 fully saturated rings. The van der Waals surface area contributed by atoms with Crippen LogP contribution in [0.5, 0.6) is 5.75 Å². The van der Waals surface area contributed by atoms with Gasteiger partial charge in [-0.15, -0.1) is 0 Å². The van der Waals surface area contributed by atoms with Crippen LogP contribution in [0.1, 0.15) is 34.0 Å². The summed E-state index contributed by atoms with van der Waals surface area (Å²) in [4.78, 5) is 23.6. The van der Waals surface area contributed by atoms with Crippen LogP contribution in [0, 0.1) is 25.7 Å². The van der Waals surface area contributed by atoms with Gasteiger partial charge in [-0.05, 0) is 44.5 Å². The second-order valence-corrected chi connectivity index (χ2v) is 6.38. The van der Waals surface area contributed by atoms with Crippen LogP contribution in [-0.4, -0.2) is 31.8 Å². The van der Waals surface area contributed by atoms with Crippen LogP contribution in [0.3, 0.4) is 0 Å². The largest absolute Gasteiger partial charge is 0.509 e. The Morgan fingerprint density at radius 1 is 1.07 bits per heavy atom. The summed E-state index contributed by atoms with van der Waals surface area (Å²) in [5.74, 6) is 5.82. The summed E-state index contributed by atoms with van der Waals surface area (Å²) in [7, 11) is 0. The molecule has 0 radical (unpaired) electrons. The highest BCUT2D eigenvalue weighted by Crippen LogP contribution is 2.22. The van der Waals surface area contributed by atoms with Gasteiger partial charge in [-0.3, -0.25) is 4.79 Å². The quantitative estimate of drug-likeness (QED) is 0.398. The second kappa shape index (κ2) is 10.4. The van der Waals surface area contributed by atoms with Crippen LogP contribution in [0.25, 0.3) is 0 Å². The maximum Gasteiger partial charge on any atom is 0.509 e. The molecule has 0 aliphatic rings. The van der Waals surface area contributed by atoms with Gasteiger partial charge in [0.25, 0.3) is 0 Å². The molecule has 28 heavy (non-hydrogen) atoms. The van der Waals surface area contributed by atoms with Gasteiger partial charge in [-0.2, -0.15) is 0 Å². The van der Waals surface area contributed by atoms with E-state index in [0.29, 0.717) is 21.9 Å². The number of hydrogen-bond acceptors (Lipinski definition) is 5. The lowest BCUT2D eigenvalue weighted by molar-refractivity contribution is 0.0686. The molecule has 2 aromatic rings. The fourth-order valence-corrected chi connectivity index (χ4v) is 2.63. The molecule has 0 unspecified atom stereocenters. The average molecular weight is 401 g/mol. The van der Waals surface area contributed by atoms with E-state index in [4.69, 9.17) is 21.1 Å². The summed E-state index contributed by atoms with van der Waals surface area (Å²) < 4.78 is 15.1. The Bertz CT molecular complexity index is 924. The first kappa shape index (κ1) is 21.3. The van der Waals surface area contributed by atoms with Crippen LogP contribution in [0.15, 0.2) is 36.4 Å². The molecule has 6 heteroatoms. The van der Waals surface area contributed by atoms with Crippen molar-refractivity contribution in [3.05, 3.63) is 63.7 Å². The summed E-state index contributed by atoms with van der Waals surface area (Å²) in [6, 6.07) is 10.6. The van der Waals surface area contributed by atoms with Gasteiger partial charge in [0.2, 0.25) is 0 Å². The minimum atomic E-state index is -0.779. The number of halogens is 1. The molecule has 0 saturated heterocycles. The highest BCUT2D eigenvalue weighted by Gasteiger charge is 2.11. The number of benzene rings is 2. The number of ketones is 1. The summed E-state index contributed by atoms with van der Waals surface area (Å²) in [6.45, 7) is 5.52. The molecule has 2 rings (SSSR count). The zero-order valence-corrected chi connectivity index (χ0v) is 16.8. The van der Waals surface area contributed by atoms with Gasteiger partial charge in [0.15, 0.2) is 19.0 Å². The van der Waals surface area contributed by atoms with E-state index in [2.05, 4.69) is 16.6 Å². The maximum absolute atomic E-state index is 12.5. The van der Waals surface area contributed by atoms with Gasteiger partial charge in [0, 0.05) is 10.6 Å². The first-order valence-corrected chi connectivity index (χ1v) is 9.09. The Morgan fingerprint density at radius 2 is 1.86 bits per heavy atom. The first-order valence-electron chi connectivity index (χ1n) is 8.72. The van der Waals surface area contributed by atoms with E-state index in [1.165, 1.54) is 0 Å². The standard InChI is InChI=1S/C22H21ClO5/c1-4-26-22(25)27-11-5-6-17-13-18(23)8-10-21(17)28-14-20(24)19-9-7-15(2)12-16(19)3/h7-10,12-13H,4,11,14H2,1-3H3. The number of hydrogen-bond donors (Lipinski definition) is 0. The summed E-state index contributed by atoms with van der Waals surface area (Å²) in [5, 5.41) is 0.476. The highest BCUT2D eigenvalue weighted by atomic mass is 35.5. The summed E-state index contributed by atoms with van der Waals surface area (Å²) >= 11 is 6.02. The Hall–Kier alpha value is -2.97. The van der Waals surface area contributed by atoms with Crippen molar-refractivity contribution in [2.45, 2.75) is 20.8 Å². The van der Waals surface area contributed by atoms with Gasteiger partial charge in [-0.25, -0.2) is 4.79 Å². The molecular weight excluding hydrogens is 380 g/mol.